The average Bonchev–Trinajstić information content (AvgIpc) is 2.39. The molecule has 2 rings (SSSR count). The van der Waals surface area contributed by atoms with Gasteiger partial charge in [0.1, 0.15) is 18.2 Å². The van der Waals surface area contributed by atoms with E-state index in [2.05, 4.69) is 4.90 Å². The number of nitrogens with zero attached hydrogens (tertiary/aromatic N) is 1. The molecule has 0 aliphatic carbocycles. The molecule has 1 aliphatic rings. The summed E-state index contributed by atoms with van der Waals surface area (Å²) < 4.78 is 19.3. The lowest BCUT2D eigenvalue weighted by atomic mass is 10.1. The molecule has 0 radical (unpaired) electrons. The molecule has 1 fully saturated rings. The summed E-state index contributed by atoms with van der Waals surface area (Å²) in [6.45, 7) is 5.60. The van der Waals surface area contributed by atoms with E-state index in [1.165, 1.54) is 25.3 Å². The fourth-order valence-electron chi connectivity index (χ4n) is 2.44. The Morgan fingerprint density at radius 3 is 2.68 bits per heavy atom. The van der Waals surface area contributed by atoms with Crippen LogP contribution in [0.1, 0.15) is 37.8 Å². The van der Waals surface area contributed by atoms with Crippen LogP contribution in [0.4, 0.5) is 4.39 Å². The topological polar surface area (TPSA) is 38.5 Å². The number of hydrogen-bond donors (Lipinski definition) is 1. The molecule has 4 heteroatoms. The summed E-state index contributed by atoms with van der Waals surface area (Å²) in [5, 5.41) is 0. The van der Waals surface area contributed by atoms with Crippen molar-refractivity contribution in [2.24, 2.45) is 5.73 Å². The molecule has 1 aliphatic heterocycles. The zero-order chi connectivity index (χ0) is 13.7. The first-order chi connectivity index (χ1) is 9.16. The zero-order valence-electron chi connectivity index (χ0n) is 11.6. The molecule has 3 nitrogen and oxygen atoms in total. The van der Waals surface area contributed by atoms with Crippen LogP contribution < -0.4 is 10.5 Å². The van der Waals surface area contributed by atoms with E-state index in [0.29, 0.717) is 17.9 Å². The van der Waals surface area contributed by atoms with E-state index in [9.17, 15) is 4.39 Å². The Kier molecular flexibility index (Phi) is 5.16. The molecule has 0 aromatic heterocycles. The van der Waals surface area contributed by atoms with Crippen molar-refractivity contribution < 1.29 is 9.13 Å². The number of likely N-dealkylation sites (tertiary alicyclic amines) is 1. The zero-order valence-corrected chi connectivity index (χ0v) is 11.6. The molecule has 1 heterocycles. The van der Waals surface area contributed by atoms with Gasteiger partial charge in [0.15, 0.2) is 0 Å². The Labute approximate surface area is 114 Å². The van der Waals surface area contributed by atoms with Gasteiger partial charge in [-0.3, -0.25) is 4.90 Å². The van der Waals surface area contributed by atoms with Gasteiger partial charge in [0.05, 0.1) is 0 Å². The normalized spacial score (nSPS) is 18.3. The van der Waals surface area contributed by atoms with Gasteiger partial charge in [0.25, 0.3) is 0 Å². The third kappa shape index (κ3) is 4.18. The van der Waals surface area contributed by atoms with Crippen LogP contribution in [0.5, 0.6) is 5.75 Å². The van der Waals surface area contributed by atoms with Crippen molar-refractivity contribution in [3.05, 3.63) is 29.6 Å². The Bertz CT molecular complexity index is 403. The first-order valence-electron chi connectivity index (χ1n) is 7.07. The van der Waals surface area contributed by atoms with Gasteiger partial charge < -0.3 is 10.5 Å². The maximum atomic E-state index is 13.7. The highest BCUT2D eigenvalue weighted by Gasteiger charge is 2.11. The number of nitrogens with two attached hydrogens (primary N) is 1. The predicted octanol–water partition coefficient (Wildman–Crippen LogP) is 2.71. The predicted molar refractivity (Wildman–Crippen MR) is 74.8 cm³/mol. The molecule has 1 saturated heterocycles. The molecule has 0 bridgehead atoms. The summed E-state index contributed by atoms with van der Waals surface area (Å²) in [5.41, 5.74) is 6.21. The summed E-state index contributed by atoms with van der Waals surface area (Å²) in [5.74, 6) is 0.296. The summed E-state index contributed by atoms with van der Waals surface area (Å²) >= 11 is 0. The Hall–Kier alpha value is -1.13. The minimum Gasteiger partial charge on any atom is -0.492 e. The van der Waals surface area contributed by atoms with Crippen molar-refractivity contribution >= 4 is 0 Å². The van der Waals surface area contributed by atoms with Crippen LogP contribution in [0.25, 0.3) is 0 Å². The SMILES string of the molecule is C[C@@H](N)c1ccc(OCCN2CCCCC2)cc1F. The highest BCUT2D eigenvalue weighted by atomic mass is 19.1. The molecule has 0 unspecified atom stereocenters. The van der Waals surface area contributed by atoms with Gasteiger partial charge >= 0.3 is 0 Å². The molecule has 19 heavy (non-hydrogen) atoms. The third-order valence-electron chi connectivity index (χ3n) is 3.59. The van der Waals surface area contributed by atoms with Crippen molar-refractivity contribution in [3.63, 3.8) is 0 Å². The third-order valence-corrected chi connectivity index (χ3v) is 3.59. The van der Waals surface area contributed by atoms with Gasteiger partial charge in [-0.1, -0.05) is 12.5 Å². The second kappa shape index (κ2) is 6.87. The van der Waals surface area contributed by atoms with Gasteiger partial charge in [0, 0.05) is 24.2 Å². The van der Waals surface area contributed by atoms with Crippen LogP contribution in [0, 0.1) is 5.82 Å². The van der Waals surface area contributed by atoms with Gasteiger partial charge in [-0.15, -0.1) is 0 Å². The number of benzene rings is 1. The molecule has 0 spiro atoms. The van der Waals surface area contributed by atoms with E-state index in [4.69, 9.17) is 10.5 Å². The highest BCUT2D eigenvalue weighted by molar-refractivity contribution is 5.30. The van der Waals surface area contributed by atoms with Gasteiger partial charge in [-0.25, -0.2) is 4.39 Å². The van der Waals surface area contributed by atoms with E-state index in [-0.39, 0.29) is 11.9 Å². The summed E-state index contributed by atoms with van der Waals surface area (Å²) in [7, 11) is 0. The van der Waals surface area contributed by atoms with Crippen LogP contribution in [-0.4, -0.2) is 31.1 Å². The Morgan fingerprint density at radius 1 is 1.32 bits per heavy atom. The molecule has 0 amide bonds. The molecule has 106 valence electrons. The summed E-state index contributed by atoms with van der Waals surface area (Å²) in [4.78, 5) is 2.40. The first-order valence-corrected chi connectivity index (χ1v) is 7.07. The van der Waals surface area contributed by atoms with Crippen LogP contribution in [-0.2, 0) is 0 Å². The monoisotopic (exact) mass is 266 g/mol. The minimum absolute atomic E-state index is 0.287. The number of hydrogen-bond acceptors (Lipinski definition) is 3. The molecule has 1 atom stereocenters. The van der Waals surface area contributed by atoms with Crippen molar-refractivity contribution in [1.29, 1.82) is 0 Å². The lowest BCUT2D eigenvalue weighted by Crippen LogP contribution is -2.33. The fourth-order valence-corrected chi connectivity index (χ4v) is 2.44. The van der Waals surface area contributed by atoms with Crippen LogP contribution in [0.3, 0.4) is 0 Å². The number of rotatable bonds is 5. The van der Waals surface area contributed by atoms with Crippen molar-refractivity contribution in [2.45, 2.75) is 32.2 Å². The Balaban J connectivity index is 1.81. The van der Waals surface area contributed by atoms with E-state index < -0.39 is 0 Å². The maximum Gasteiger partial charge on any atom is 0.131 e. The summed E-state index contributed by atoms with van der Waals surface area (Å²) in [6, 6.07) is 4.63. The molecule has 0 saturated carbocycles. The van der Waals surface area contributed by atoms with E-state index in [1.807, 2.05) is 0 Å². The second-order valence-corrected chi connectivity index (χ2v) is 5.22. The van der Waals surface area contributed by atoms with Gasteiger partial charge in [-0.05, 0) is 38.9 Å². The lowest BCUT2D eigenvalue weighted by Gasteiger charge is -2.26. The Morgan fingerprint density at radius 2 is 2.05 bits per heavy atom. The van der Waals surface area contributed by atoms with Crippen LogP contribution in [0.2, 0.25) is 0 Å². The molecule has 2 N–H and O–H groups in total. The molecular formula is C15H23FN2O. The fraction of sp³-hybridized carbons (Fsp3) is 0.600. The quantitative estimate of drug-likeness (QED) is 0.890. The van der Waals surface area contributed by atoms with Crippen LogP contribution >= 0.6 is 0 Å². The summed E-state index contributed by atoms with van der Waals surface area (Å²) in [6.07, 6.45) is 3.89. The lowest BCUT2D eigenvalue weighted by molar-refractivity contribution is 0.183. The van der Waals surface area contributed by atoms with Crippen LogP contribution in [0.15, 0.2) is 18.2 Å². The van der Waals surface area contributed by atoms with Gasteiger partial charge in [0.2, 0.25) is 0 Å². The number of piperidine rings is 1. The van der Waals surface area contributed by atoms with Crippen molar-refractivity contribution in [3.8, 4) is 5.75 Å². The average molecular weight is 266 g/mol. The van der Waals surface area contributed by atoms with Gasteiger partial charge in [-0.2, -0.15) is 0 Å². The van der Waals surface area contributed by atoms with Crippen molar-refractivity contribution in [2.75, 3.05) is 26.2 Å². The molecular weight excluding hydrogens is 243 g/mol. The minimum atomic E-state index is -0.289. The largest absolute Gasteiger partial charge is 0.492 e. The number of halogens is 1. The van der Waals surface area contributed by atoms with E-state index >= 15 is 0 Å². The maximum absolute atomic E-state index is 13.7. The molecule has 1 aromatic carbocycles. The second-order valence-electron chi connectivity index (χ2n) is 5.22. The van der Waals surface area contributed by atoms with E-state index in [0.717, 1.165) is 19.6 Å². The standard InChI is InChI=1S/C15H23FN2O/c1-12(17)14-6-5-13(11-15(14)16)19-10-9-18-7-3-2-4-8-18/h5-6,11-12H,2-4,7-10,17H2,1H3/t12-/m1/s1. The smallest absolute Gasteiger partial charge is 0.131 e. The highest BCUT2D eigenvalue weighted by Crippen LogP contribution is 2.20. The first kappa shape index (κ1) is 14.3. The van der Waals surface area contributed by atoms with E-state index in [1.54, 1.807) is 19.1 Å². The molecule has 1 aromatic rings. The number of ether oxygens (including phenoxy) is 1. The van der Waals surface area contributed by atoms with Crippen molar-refractivity contribution in [1.82, 2.24) is 4.90 Å².